The number of methoxy groups -OCH3 is 2. The van der Waals surface area contributed by atoms with Crippen LogP contribution in [0.2, 0.25) is 4.82 Å². The molecule has 0 saturated carbocycles. The van der Waals surface area contributed by atoms with Gasteiger partial charge in [0.25, 0.3) is 0 Å². The number of hydrogen-bond acceptors (Lipinski definition) is 4. The molecule has 2 aromatic carbocycles. The van der Waals surface area contributed by atoms with Crippen LogP contribution in [-0.2, 0) is 19.0 Å². The molecule has 0 amide bonds. The summed E-state index contributed by atoms with van der Waals surface area (Å²) in [5.41, 5.74) is 2.44. The van der Waals surface area contributed by atoms with E-state index < -0.39 is 6.10 Å². The van der Waals surface area contributed by atoms with E-state index in [2.05, 4.69) is 42.5 Å². The molecule has 4 nitrogen and oxygen atoms in total. The molecule has 0 aliphatic carbocycles. The Morgan fingerprint density at radius 2 is 1.64 bits per heavy atom. The number of rotatable bonds is 5. The minimum absolute atomic E-state index is 0.0220. The van der Waals surface area contributed by atoms with Gasteiger partial charge in [0.1, 0.15) is 0 Å². The van der Waals surface area contributed by atoms with Crippen LogP contribution in [0.1, 0.15) is 23.3 Å². The normalized spacial score (nSPS) is 27.8. The van der Waals surface area contributed by atoms with Crippen molar-refractivity contribution in [3.8, 4) is 0 Å². The second kappa shape index (κ2) is 6.93. The van der Waals surface area contributed by atoms with Crippen molar-refractivity contribution < 1.29 is 19.0 Å². The summed E-state index contributed by atoms with van der Waals surface area (Å²) in [6.07, 6.45) is -0.696. The Balaban J connectivity index is 1.73. The Morgan fingerprint density at radius 3 is 2.28 bits per heavy atom. The van der Waals surface area contributed by atoms with Gasteiger partial charge < -0.3 is 0 Å². The van der Waals surface area contributed by atoms with E-state index in [-0.39, 0.29) is 43.9 Å². The van der Waals surface area contributed by atoms with Crippen LogP contribution in [-0.4, -0.2) is 41.2 Å². The molecule has 4 rings (SSSR count). The molecule has 0 N–H and O–H groups in total. The van der Waals surface area contributed by atoms with E-state index in [1.807, 2.05) is 12.1 Å². The fraction of sp³-hybridized carbons (Fsp3) is 0.350. The average molecular weight is 403 g/mol. The van der Waals surface area contributed by atoms with Gasteiger partial charge in [-0.25, -0.2) is 0 Å². The molecule has 2 aromatic rings. The van der Waals surface area contributed by atoms with Gasteiger partial charge in [0.2, 0.25) is 0 Å². The van der Waals surface area contributed by atoms with Gasteiger partial charge in [-0.05, 0) is 0 Å². The topological polar surface area (TPSA) is 44.8 Å². The summed E-state index contributed by atoms with van der Waals surface area (Å²) < 4.78 is 18.2. The van der Waals surface area contributed by atoms with E-state index in [4.69, 9.17) is 14.2 Å². The number of hydrogen-bond donors (Lipinski definition) is 0. The van der Waals surface area contributed by atoms with Crippen LogP contribution in [0.5, 0.6) is 0 Å². The zero-order chi connectivity index (χ0) is 17.4. The van der Waals surface area contributed by atoms with E-state index >= 15 is 0 Å². The van der Waals surface area contributed by atoms with Crippen LogP contribution in [0.3, 0.4) is 0 Å². The molecule has 2 heterocycles. The molecule has 0 spiro atoms. The van der Waals surface area contributed by atoms with Crippen molar-refractivity contribution in [3.05, 3.63) is 65.7 Å². The Hall–Kier alpha value is -1.65. The predicted molar refractivity (Wildman–Crippen MR) is 94.9 cm³/mol. The summed E-state index contributed by atoms with van der Waals surface area (Å²) in [4.78, 5) is 12.6. The summed E-state index contributed by atoms with van der Waals surface area (Å²) in [5.74, 6) is -0.354. The van der Waals surface area contributed by atoms with Crippen molar-refractivity contribution in [2.75, 3.05) is 14.2 Å². The summed E-state index contributed by atoms with van der Waals surface area (Å²) in [6, 6.07) is 18.8. The van der Waals surface area contributed by atoms with Gasteiger partial charge in [0.15, 0.2) is 0 Å². The summed E-state index contributed by atoms with van der Waals surface area (Å²) in [5, 5.41) is 0. The SMILES string of the molecule is COC(=O)C(OC)C1C2OC(c3ccccc32)C1[Se]c1ccccc1. The Morgan fingerprint density at radius 1 is 1.00 bits per heavy atom. The van der Waals surface area contributed by atoms with Crippen molar-refractivity contribution in [2.24, 2.45) is 5.92 Å². The first-order chi connectivity index (χ1) is 12.2. The third-order valence-corrected chi connectivity index (χ3v) is 7.87. The van der Waals surface area contributed by atoms with Gasteiger partial charge in [0, 0.05) is 0 Å². The maximum absolute atomic E-state index is 12.3. The van der Waals surface area contributed by atoms with E-state index in [0.717, 1.165) is 0 Å². The van der Waals surface area contributed by atoms with Crippen molar-refractivity contribution >= 4 is 25.4 Å². The standard InChI is InChI=1S/C20H20O4Se/c1-22-18(20(21)23-2)15-16-13-10-6-7-11-14(13)17(24-16)19(15)25-12-8-4-3-5-9-12/h3-11,15-19H,1-2H3. The van der Waals surface area contributed by atoms with Crippen molar-refractivity contribution in [2.45, 2.75) is 23.1 Å². The summed E-state index contributed by atoms with van der Waals surface area (Å²) >= 11 is 0.170. The third-order valence-electron chi connectivity index (χ3n) is 4.98. The minimum atomic E-state index is -0.607. The van der Waals surface area contributed by atoms with Crippen molar-refractivity contribution in [3.63, 3.8) is 0 Å². The van der Waals surface area contributed by atoms with Gasteiger partial charge in [-0.1, -0.05) is 0 Å². The van der Waals surface area contributed by atoms with Crippen LogP contribution >= 0.6 is 0 Å². The molecule has 25 heavy (non-hydrogen) atoms. The first-order valence-corrected chi connectivity index (χ1v) is 10.2. The monoisotopic (exact) mass is 404 g/mol. The molecule has 130 valence electrons. The number of fused-ring (bicyclic) bond motifs is 5. The van der Waals surface area contributed by atoms with E-state index in [1.54, 1.807) is 7.11 Å². The molecule has 5 unspecified atom stereocenters. The van der Waals surface area contributed by atoms with Crippen LogP contribution in [0.15, 0.2) is 54.6 Å². The van der Waals surface area contributed by atoms with E-state index in [9.17, 15) is 4.79 Å². The Labute approximate surface area is 153 Å². The predicted octanol–water partition coefficient (Wildman–Crippen LogP) is 2.44. The maximum atomic E-state index is 12.3. The molecule has 0 aromatic heterocycles. The fourth-order valence-electron chi connectivity index (χ4n) is 3.91. The van der Waals surface area contributed by atoms with Crippen LogP contribution < -0.4 is 4.46 Å². The molecule has 2 bridgehead atoms. The van der Waals surface area contributed by atoms with E-state index in [0.29, 0.717) is 0 Å². The van der Waals surface area contributed by atoms with Gasteiger partial charge >= 0.3 is 153 Å². The molecular weight excluding hydrogens is 383 g/mol. The van der Waals surface area contributed by atoms with Crippen molar-refractivity contribution in [1.29, 1.82) is 0 Å². The zero-order valence-electron chi connectivity index (χ0n) is 14.1. The number of carbonyl (C=O) groups is 1. The molecule has 2 aliphatic heterocycles. The number of benzene rings is 2. The third kappa shape index (κ3) is 2.81. The van der Waals surface area contributed by atoms with Gasteiger partial charge in [-0.15, -0.1) is 0 Å². The fourth-order valence-corrected chi connectivity index (χ4v) is 6.86. The molecule has 1 fully saturated rings. The Bertz CT molecular complexity index is 763. The van der Waals surface area contributed by atoms with E-state index in [1.165, 1.54) is 22.7 Å². The Kier molecular flexibility index (Phi) is 4.65. The van der Waals surface area contributed by atoms with Gasteiger partial charge in [0.05, 0.1) is 0 Å². The van der Waals surface area contributed by atoms with Crippen LogP contribution in [0.25, 0.3) is 0 Å². The number of ether oxygens (including phenoxy) is 3. The molecule has 0 radical (unpaired) electrons. The molecule has 1 saturated heterocycles. The first kappa shape index (κ1) is 16.8. The first-order valence-electron chi connectivity index (χ1n) is 8.31. The van der Waals surface area contributed by atoms with Gasteiger partial charge in [-0.2, -0.15) is 0 Å². The van der Waals surface area contributed by atoms with Gasteiger partial charge in [-0.3, -0.25) is 0 Å². The molecular formula is C20H20O4Se. The average Bonchev–Trinajstić information content (AvgIpc) is 3.21. The summed E-state index contributed by atoms with van der Waals surface area (Å²) in [7, 11) is 2.99. The second-order valence-electron chi connectivity index (χ2n) is 6.26. The zero-order valence-corrected chi connectivity index (χ0v) is 15.8. The molecule has 5 heteroatoms. The van der Waals surface area contributed by atoms with Crippen molar-refractivity contribution in [1.82, 2.24) is 0 Å². The van der Waals surface area contributed by atoms with Crippen LogP contribution in [0, 0.1) is 5.92 Å². The molecule has 5 atom stereocenters. The number of carbonyl (C=O) groups excluding carboxylic acids is 1. The quantitative estimate of drug-likeness (QED) is 0.568. The number of esters is 1. The molecule has 2 aliphatic rings. The van der Waals surface area contributed by atoms with Crippen LogP contribution in [0.4, 0.5) is 0 Å². The second-order valence-corrected chi connectivity index (χ2v) is 8.88. The summed E-state index contributed by atoms with van der Waals surface area (Å²) in [6.45, 7) is 0.